The summed E-state index contributed by atoms with van der Waals surface area (Å²) in [5.74, 6) is 6.17. The van der Waals surface area contributed by atoms with E-state index in [4.69, 9.17) is 10.6 Å². The minimum atomic E-state index is 0.343. The number of rotatable bonds is 6. The highest BCUT2D eigenvalue weighted by Gasteiger charge is 2.17. The summed E-state index contributed by atoms with van der Waals surface area (Å²) in [4.78, 5) is 0. The van der Waals surface area contributed by atoms with Crippen LogP contribution < -0.4 is 11.3 Å². The molecule has 0 aromatic rings. The second-order valence-corrected chi connectivity index (χ2v) is 4.54. The molecule has 0 spiro atoms. The Kier molecular flexibility index (Phi) is 5.91. The van der Waals surface area contributed by atoms with E-state index in [9.17, 15) is 0 Å². The second-order valence-electron chi connectivity index (χ2n) is 4.54. The molecule has 0 amide bonds. The van der Waals surface area contributed by atoms with Gasteiger partial charge in [0, 0.05) is 19.8 Å². The van der Waals surface area contributed by atoms with Crippen molar-refractivity contribution in [2.45, 2.75) is 45.1 Å². The van der Waals surface area contributed by atoms with E-state index in [1.165, 1.54) is 31.3 Å². The molecule has 2 unspecified atom stereocenters. The van der Waals surface area contributed by atoms with Gasteiger partial charge in [0.2, 0.25) is 0 Å². The van der Waals surface area contributed by atoms with E-state index in [1.807, 2.05) is 0 Å². The number of allylic oxidation sites excluding steroid dienone is 1. The van der Waals surface area contributed by atoms with Gasteiger partial charge >= 0.3 is 0 Å². The third-order valence-corrected chi connectivity index (χ3v) is 3.06. The van der Waals surface area contributed by atoms with Crippen LogP contribution in [0.2, 0.25) is 0 Å². The average molecular weight is 212 g/mol. The fourth-order valence-corrected chi connectivity index (χ4v) is 2.26. The Balaban J connectivity index is 2.43. The van der Waals surface area contributed by atoms with E-state index in [1.54, 1.807) is 7.11 Å². The van der Waals surface area contributed by atoms with Crippen molar-refractivity contribution in [1.29, 1.82) is 0 Å². The number of methoxy groups -OCH3 is 1. The summed E-state index contributed by atoms with van der Waals surface area (Å²) in [5, 5.41) is 0. The first kappa shape index (κ1) is 12.7. The number of hydrogen-bond donors (Lipinski definition) is 2. The molecular weight excluding hydrogens is 188 g/mol. The van der Waals surface area contributed by atoms with Crippen LogP contribution in [0, 0.1) is 5.92 Å². The van der Waals surface area contributed by atoms with Crippen molar-refractivity contribution in [3.8, 4) is 0 Å². The Labute approximate surface area is 93.0 Å². The lowest BCUT2D eigenvalue weighted by atomic mass is 9.89. The van der Waals surface area contributed by atoms with Crippen molar-refractivity contribution in [3.05, 3.63) is 11.6 Å². The van der Waals surface area contributed by atoms with Gasteiger partial charge in [-0.25, -0.2) is 0 Å². The van der Waals surface area contributed by atoms with E-state index in [0.29, 0.717) is 12.0 Å². The number of nitrogens with one attached hydrogen (secondary N) is 1. The van der Waals surface area contributed by atoms with Gasteiger partial charge in [0.25, 0.3) is 0 Å². The fraction of sp³-hybridized carbons (Fsp3) is 0.833. The maximum Gasteiger partial charge on any atom is 0.0488 e. The standard InChI is InChI=1S/C12H24N2O/c1-10(9-15-2)8-12(14-13)11-6-4-3-5-7-11/h6,10,12,14H,3-5,7-9,13H2,1-2H3. The van der Waals surface area contributed by atoms with Crippen LogP contribution in [0.3, 0.4) is 0 Å². The molecule has 3 heteroatoms. The van der Waals surface area contributed by atoms with E-state index in [-0.39, 0.29) is 0 Å². The van der Waals surface area contributed by atoms with Gasteiger partial charge in [0.15, 0.2) is 0 Å². The molecule has 0 radical (unpaired) electrons. The zero-order chi connectivity index (χ0) is 11.1. The lowest BCUT2D eigenvalue weighted by Gasteiger charge is -2.25. The Hall–Kier alpha value is -0.380. The van der Waals surface area contributed by atoms with Gasteiger partial charge in [-0.05, 0) is 38.0 Å². The van der Waals surface area contributed by atoms with Crippen molar-refractivity contribution in [1.82, 2.24) is 5.43 Å². The van der Waals surface area contributed by atoms with Crippen molar-refractivity contribution < 1.29 is 4.74 Å². The molecule has 0 aromatic carbocycles. The number of hydrazine groups is 1. The van der Waals surface area contributed by atoms with Crippen LogP contribution in [-0.2, 0) is 4.74 Å². The van der Waals surface area contributed by atoms with E-state index < -0.39 is 0 Å². The minimum absolute atomic E-state index is 0.343. The summed E-state index contributed by atoms with van der Waals surface area (Å²) in [5.41, 5.74) is 4.43. The highest BCUT2D eigenvalue weighted by molar-refractivity contribution is 5.12. The second kappa shape index (κ2) is 6.99. The average Bonchev–Trinajstić information content (AvgIpc) is 2.27. The number of hydrogen-bond acceptors (Lipinski definition) is 3. The van der Waals surface area contributed by atoms with Crippen molar-refractivity contribution in [2.24, 2.45) is 11.8 Å². The molecular formula is C12H24N2O. The lowest BCUT2D eigenvalue weighted by Crippen LogP contribution is -2.38. The molecule has 0 aromatic heterocycles. The zero-order valence-electron chi connectivity index (χ0n) is 9.96. The lowest BCUT2D eigenvalue weighted by molar-refractivity contribution is 0.151. The topological polar surface area (TPSA) is 47.3 Å². The van der Waals surface area contributed by atoms with Crippen LogP contribution >= 0.6 is 0 Å². The highest BCUT2D eigenvalue weighted by atomic mass is 16.5. The van der Waals surface area contributed by atoms with E-state index in [0.717, 1.165) is 13.0 Å². The first-order valence-corrected chi connectivity index (χ1v) is 5.92. The molecule has 1 rings (SSSR count). The first-order chi connectivity index (χ1) is 7.27. The molecule has 88 valence electrons. The van der Waals surface area contributed by atoms with Crippen LogP contribution in [0.1, 0.15) is 39.0 Å². The van der Waals surface area contributed by atoms with Gasteiger partial charge in [-0.2, -0.15) is 0 Å². The Morgan fingerprint density at radius 2 is 2.33 bits per heavy atom. The summed E-state index contributed by atoms with van der Waals surface area (Å²) in [7, 11) is 1.75. The third-order valence-electron chi connectivity index (χ3n) is 3.06. The van der Waals surface area contributed by atoms with Crippen LogP contribution in [0.5, 0.6) is 0 Å². The van der Waals surface area contributed by atoms with Crippen LogP contribution in [0.25, 0.3) is 0 Å². The maximum absolute atomic E-state index is 5.62. The summed E-state index contributed by atoms with van der Waals surface area (Å²) >= 11 is 0. The predicted molar refractivity (Wildman–Crippen MR) is 63.3 cm³/mol. The van der Waals surface area contributed by atoms with Crippen molar-refractivity contribution >= 4 is 0 Å². The van der Waals surface area contributed by atoms with Crippen molar-refractivity contribution in [3.63, 3.8) is 0 Å². The van der Waals surface area contributed by atoms with Gasteiger partial charge in [-0.15, -0.1) is 0 Å². The van der Waals surface area contributed by atoms with Crippen LogP contribution in [0.15, 0.2) is 11.6 Å². The molecule has 15 heavy (non-hydrogen) atoms. The van der Waals surface area contributed by atoms with Gasteiger partial charge in [0.1, 0.15) is 0 Å². The normalized spacial score (nSPS) is 20.9. The molecule has 1 aliphatic carbocycles. The largest absolute Gasteiger partial charge is 0.384 e. The molecule has 3 N–H and O–H groups in total. The van der Waals surface area contributed by atoms with E-state index in [2.05, 4.69) is 18.4 Å². The van der Waals surface area contributed by atoms with Gasteiger partial charge in [-0.1, -0.05) is 18.6 Å². The number of nitrogens with two attached hydrogens (primary N) is 1. The van der Waals surface area contributed by atoms with Gasteiger partial charge in [-0.3, -0.25) is 11.3 Å². The minimum Gasteiger partial charge on any atom is -0.384 e. The molecule has 3 nitrogen and oxygen atoms in total. The maximum atomic E-state index is 5.62. The summed E-state index contributed by atoms with van der Waals surface area (Å²) in [6.07, 6.45) is 8.47. The van der Waals surface area contributed by atoms with Crippen molar-refractivity contribution in [2.75, 3.05) is 13.7 Å². The summed E-state index contributed by atoms with van der Waals surface area (Å²) < 4.78 is 5.15. The SMILES string of the molecule is COCC(C)CC(NN)C1=CCCCC1. The third kappa shape index (κ3) is 4.33. The predicted octanol–water partition coefficient (Wildman–Crippen LogP) is 1.99. The molecule has 0 saturated heterocycles. The van der Waals surface area contributed by atoms with Crippen LogP contribution in [0.4, 0.5) is 0 Å². The summed E-state index contributed by atoms with van der Waals surface area (Å²) in [6.45, 7) is 3.02. The quantitative estimate of drug-likeness (QED) is 0.402. The molecule has 2 atom stereocenters. The summed E-state index contributed by atoms with van der Waals surface area (Å²) in [6, 6.07) is 0.343. The molecule has 0 heterocycles. The zero-order valence-corrected chi connectivity index (χ0v) is 9.96. The fourth-order valence-electron chi connectivity index (χ4n) is 2.26. The highest BCUT2D eigenvalue weighted by Crippen LogP contribution is 2.23. The Morgan fingerprint density at radius 1 is 1.53 bits per heavy atom. The van der Waals surface area contributed by atoms with Crippen LogP contribution in [-0.4, -0.2) is 19.8 Å². The molecule has 0 aliphatic heterocycles. The molecule has 1 aliphatic rings. The first-order valence-electron chi connectivity index (χ1n) is 5.92. The Bertz CT molecular complexity index is 204. The monoisotopic (exact) mass is 212 g/mol. The molecule has 0 saturated carbocycles. The smallest absolute Gasteiger partial charge is 0.0488 e. The van der Waals surface area contributed by atoms with E-state index >= 15 is 0 Å². The van der Waals surface area contributed by atoms with Gasteiger partial charge in [0.05, 0.1) is 0 Å². The van der Waals surface area contributed by atoms with Gasteiger partial charge < -0.3 is 4.74 Å². The Morgan fingerprint density at radius 3 is 2.87 bits per heavy atom. The number of ether oxygens (including phenoxy) is 1. The molecule has 0 bridgehead atoms. The molecule has 0 fully saturated rings.